The maximum Gasteiger partial charge on any atom is 0.258 e. The Morgan fingerprint density at radius 3 is 2.65 bits per heavy atom. The molecule has 0 fully saturated rings. The zero-order valence-electron chi connectivity index (χ0n) is 9.52. The molecule has 2 rings (SSSR count). The maximum absolute atomic E-state index is 11.8. The third kappa shape index (κ3) is 2.60. The van der Waals surface area contributed by atoms with Crippen LogP contribution in [0.25, 0.3) is 0 Å². The predicted molar refractivity (Wildman–Crippen MR) is 62.6 cm³/mol. The molecule has 0 saturated carbocycles. The molecule has 2 heterocycles. The van der Waals surface area contributed by atoms with Gasteiger partial charge in [-0.3, -0.25) is 10.1 Å². The van der Waals surface area contributed by atoms with E-state index in [9.17, 15) is 4.79 Å². The quantitative estimate of drug-likeness (QED) is 0.818. The third-order valence-corrected chi connectivity index (χ3v) is 2.10. The van der Waals surface area contributed by atoms with E-state index < -0.39 is 0 Å². The van der Waals surface area contributed by atoms with E-state index >= 15 is 0 Å². The molecule has 0 aliphatic carbocycles. The molecule has 2 aromatic rings. The molecular weight excluding hydrogens is 220 g/mol. The molecule has 0 aromatic carbocycles. The van der Waals surface area contributed by atoms with Gasteiger partial charge in [0, 0.05) is 17.3 Å². The predicted octanol–water partition coefficient (Wildman–Crippen LogP) is 1.52. The van der Waals surface area contributed by atoms with E-state index in [-0.39, 0.29) is 5.91 Å². The number of aryl methyl sites for hydroxylation is 2. The number of anilines is 2. The van der Waals surface area contributed by atoms with Crippen LogP contribution in [0.3, 0.4) is 0 Å². The van der Waals surface area contributed by atoms with Crippen LogP contribution in [-0.4, -0.2) is 16.0 Å². The van der Waals surface area contributed by atoms with Crippen molar-refractivity contribution >= 4 is 17.6 Å². The van der Waals surface area contributed by atoms with E-state index in [1.165, 1.54) is 6.07 Å². The van der Waals surface area contributed by atoms with Crippen LogP contribution in [0, 0.1) is 13.8 Å². The van der Waals surface area contributed by atoms with Gasteiger partial charge >= 0.3 is 0 Å². The summed E-state index contributed by atoms with van der Waals surface area (Å²) in [7, 11) is 0. The number of carbonyl (C=O) groups excluding carboxylic acids is 1. The molecule has 3 N–H and O–H groups in total. The zero-order chi connectivity index (χ0) is 12.4. The van der Waals surface area contributed by atoms with Gasteiger partial charge in [0.15, 0.2) is 0 Å². The topological polar surface area (TPSA) is 94.0 Å². The Kier molecular flexibility index (Phi) is 2.78. The smallest absolute Gasteiger partial charge is 0.258 e. The summed E-state index contributed by atoms with van der Waals surface area (Å²) in [5, 5.41) is 6.25. The van der Waals surface area contributed by atoms with Crippen molar-refractivity contribution in [2.75, 3.05) is 11.1 Å². The summed E-state index contributed by atoms with van der Waals surface area (Å²) in [6, 6.07) is 4.79. The normalized spacial score (nSPS) is 10.2. The molecular formula is C11H12N4O2. The van der Waals surface area contributed by atoms with E-state index in [0.717, 1.165) is 0 Å². The molecule has 0 radical (unpaired) electrons. The van der Waals surface area contributed by atoms with E-state index in [1.54, 1.807) is 26.0 Å². The molecule has 1 amide bonds. The van der Waals surface area contributed by atoms with Gasteiger partial charge in [-0.25, -0.2) is 4.98 Å². The summed E-state index contributed by atoms with van der Waals surface area (Å²) in [5.41, 5.74) is 7.39. The van der Waals surface area contributed by atoms with E-state index in [1.807, 2.05) is 0 Å². The number of amides is 1. The molecule has 0 aliphatic rings. The van der Waals surface area contributed by atoms with Crippen molar-refractivity contribution in [1.82, 2.24) is 10.1 Å². The van der Waals surface area contributed by atoms with Crippen molar-refractivity contribution in [2.24, 2.45) is 0 Å². The number of nitrogen functional groups attached to an aromatic ring is 1. The number of pyridine rings is 1. The summed E-state index contributed by atoms with van der Waals surface area (Å²) >= 11 is 0. The van der Waals surface area contributed by atoms with Gasteiger partial charge in [0.2, 0.25) is 5.88 Å². The highest BCUT2D eigenvalue weighted by atomic mass is 16.5. The molecule has 6 heteroatoms. The van der Waals surface area contributed by atoms with Crippen molar-refractivity contribution < 1.29 is 9.32 Å². The van der Waals surface area contributed by atoms with Crippen molar-refractivity contribution in [1.29, 1.82) is 0 Å². The van der Waals surface area contributed by atoms with E-state index in [0.29, 0.717) is 28.7 Å². The summed E-state index contributed by atoms with van der Waals surface area (Å²) in [4.78, 5) is 15.8. The lowest BCUT2D eigenvalue weighted by molar-refractivity contribution is 0.102. The fraction of sp³-hybridized carbons (Fsp3) is 0.182. The minimum Gasteiger partial charge on any atom is -0.384 e. The number of nitrogens with zero attached hydrogens (tertiary/aromatic N) is 2. The van der Waals surface area contributed by atoms with Crippen LogP contribution in [0.5, 0.6) is 0 Å². The molecule has 88 valence electrons. The lowest BCUT2D eigenvalue weighted by Crippen LogP contribution is -2.12. The average Bonchev–Trinajstić information content (AvgIpc) is 2.62. The average molecular weight is 232 g/mol. The summed E-state index contributed by atoms with van der Waals surface area (Å²) in [6.45, 7) is 3.54. The highest BCUT2D eigenvalue weighted by Crippen LogP contribution is 2.12. The Morgan fingerprint density at radius 2 is 2.06 bits per heavy atom. The number of nitrogens with two attached hydrogens (primary N) is 1. The largest absolute Gasteiger partial charge is 0.384 e. The van der Waals surface area contributed by atoms with Gasteiger partial charge in [-0.05, 0) is 26.0 Å². The third-order valence-electron chi connectivity index (χ3n) is 2.10. The SMILES string of the molecule is Cc1cc(NC(=O)c2cc(C)nc(N)c2)on1. The van der Waals surface area contributed by atoms with Gasteiger partial charge in [-0.1, -0.05) is 5.16 Å². The number of hydrogen-bond donors (Lipinski definition) is 2. The van der Waals surface area contributed by atoms with E-state index in [2.05, 4.69) is 15.5 Å². The summed E-state index contributed by atoms with van der Waals surface area (Å²) in [5.74, 6) is 0.308. The molecule has 17 heavy (non-hydrogen) atoms. The molecule has 0 saturated heterocycles. The second-order valence-electron chi connectivity index (χ2n) is 3.71. The van der Waals surface area contributed by atoms with E-state index in [4.69, 9.17) is 10.3 Å². The molecule has 0 unspecified atom stereocenters. The van der Waals surface area contributed by atoms with Gasteiger partial charge in [0.25, 0.3) is 5.91 Å². The Labute approximate surface area is 97.8 Å². The van der Waals surface area contributed by atoms with Crippen LogP contribution < -0.4 is 11.1 Å². The van der Waals surface area contributed by atoms with Crippen LogP contribution >= 0.6 is 0 Å². The second kappa shape index (κ2) is 4.25. The van der Waals surface area contributed by atoms with Crippen LogP contribution in [0.1, 0.15) is 21.7 Å². The Morgan fingerprint density at radius 1 is 1.29 bits per heavy atom. The number of hydrogen-bond acceptors (Lipinski definition) is 5. The number of carbonyl (C=O) groups is 1. The van der Waals surface area contributed by atoms with Crippen molar-refractivity contribution in [3.05, 3.63) is 35.2 Å². The second-order valence-corrected chi connectivity index (χ2v) is 3.71. The van der Waals surface area contributed by atoms with Gasteiger partial charge < -0.3 is 10.3 Å². The molecule has 0 atom stereocenters. The minimum absolute atomic E-state index is 0.306. The first kappa shape index (κ1) is 11.1. The highest BCUT2D eigenvalue weighted by Gasteiger charge is 2.10. The first-order valence-electron chi connectivity index (χ1n) is 5.03. The van der Waals surface area contributed by atoms with Gasteiger partial charge in [0.05, 0.1) is 5.69 Å². The Hall–Kier alpha value is -2.37. The number of rotatable bonds is 2. The first-order valence-corrected chi connectivity index (χ1v) is 5.03. The molecule has 0 spiro atoms. The molecule has 2 aromatic heterocycles. The monoisotopic (exact) mass is 232 g/mol. The lowest BCUT2D eigenvalue weighted by Gasteiger charge is -2.03. The summed E-state index contributed by atoms with van der Waals surface area (Å²) in [6.07, 6.45) is 0. The van der Waals surface area contributed by atoms with Crippen molar-refractivity contribution in [2.45, 2.75) is 13.8 Å². The fourth-order valence-corrected chi connectivity index (χ4v) is 1.43. The van der Waals surface area contributed by atoms with Crippen LogP contribution in [-0.2, 0) is 0 Å². The van der Waals surface area contributed by atoms with Crippen LogP contribution in [0.4, 0.5) is 11.7 Å². The van der Waals surface area contributed by atoms with Crippen LogP contribution in [0.2, 0.25) is 0 Å². The Bertz CT molecular complexity index is 542. The number of nitrogens with one attached hydrogen (secondary N) is 1. The highest BCUT2D eigenvalue weighted by molar-refractivity contribution is 6.04. The minimum atomic E-state index is -0.307. The number of aromatic nitrogens is 2. The summed E-state index contributed by atoms with van der Waals surface area (Å²) < 4.78 is 4.89. The zero-order valence-corrected chi connectivity index (χ0v) is 9.52. The van der Waals surface area contributed by atoms with Crippen molar-refractivity contribution in [3.63, 3.8) is 0 Å². The van der Waals surface area contributed by atoms with Gasteiger partial charge in [0.1, 0.15) is 5.82 Å². The van der Waals surface area contributed by atoms with Crippen molar-refractivity contribution in [3.8, 4) is 0 Å². The van der Waals surface area contributed by atoms with Gasteiger partial charge in [-0.15, -0.1) is 0 Å². The van der Waals surface area contributed by atoms with Gasteiger partial charge in [-0.2, -0.15) is 0 Å². The molecule has 0 aliphatic heterocycles. The molecule has 6 nitrogen and oxygen atoms in total. The fourth-order valence-electron chi connectivity index (χ4n) is 1.43. The first-order chi connectivity index (χ1) is 8.04. The Balaban J connectivity index is 2.19. The maximum atomic E-state index is 11.8. The standard InChI is InChI=1S/C11H12N4O2/c1-6-3-8(5-9(12)13-6)11(16)14-10-4-7(2)15-17-10/h3-5H,1-2H3,(H2,12,13)(H,14,16). The molecule has 0 bridgehead atoms. The lowest BCUT2D eigenvalue weighted by atomic mass is 10.2. The van der Waals surface area contributed by atoms with Crippen LogP contribution in [0.15, 0.2) is 22.7 Å².